The summed E-state index contributed by atoms with van der Waals surface area (Å²) in [4.78, 5) is 36.0. The number of primary amides is 1. The first-order chi connectivity index (χ1) is 9.87. The Hall–Kier alpha value is -2.57. The van der Waals surface area contributed by atoms with Crippen molar-refractivity contribution < 1.29 is 19.1 Å². The minimum atomic E-state index is -1.12. The number of ether oxygens (including phenoxy) is 1. The molecule has 1 aromatic carbocycles. The molecule has 1 aromatic rings. The smallest absolute Gasteiger partial charge is 0.325 e. The fraction of sp³-hybridized carbons (Fsp3) is 0.357. The number of para-hydroxylation sites is 1. The quantitative estimate of drug-likeness (QED) is 0.747. The second kappa shape index (κ2) is 5.43. The molecule has 7 nitrogen and oxygen atoms in total. The third-order valence-corrected chi connectivity index (χ3v) is 3.40. The van der Waals surface area contributed by atoms with Crippen LogP contribution >= 0.6 is 0 Å². The molecule has 4 amide bonds. The molecule has 0 aliphatic carbocycles. The van der Waals surface area contributed by atoms with Crippen molar-refractivity contribution in [3.05, 3.63) is 29.8 Å². The van der Waals surface area contributed by atoms with E-state index < -0.39 is 29.9 Å². The average molecular weight is 291 g/mol. The molecule has 0 unspecified atom stereocenters. The highest BCUT2D eigenvalue weighted by Crippen LogP contribution is 2.27. The average Bonchev–Trinajstić information content (AvgIpc) is 2.62. The van der Waals surface area contributed by atoms with Gasteiger partial charge in [-0.2, -0.15) is 0 Å². The predicted molar refractivity (Wildman–Crippen MR) is 74.5 cm³/mol. The zero-order valence-electron chi connectivity index (χ0n) is 11.9. The van der Waals surface area contributed by atoms with Crippen LogP contribution in [0.2, 0.25) is 0 Å². The number of urea groups is 1. The Morgan fingerprint density at radius 3 is 2.67 bits per heavy atom. The van der Waals surface area contributed by atoms with Gasteiger partial charge in [-0.3, -0.25) is 14.5 Å². The van der Waals surface area contributed by atoms with Crippen molar-refractivity contribution in [3.8, 4) is 5.75 Å². The molecule has 21 heavy (non-hydrogen) atoms. The number of hydrogen-bond acceptors (Lipinski definition) is 4. The molecule has 2 rings (SSSR count). The summed E-state index contributed by atoms with van der Waals surface area (Å²) in [5.41, 5.74) is 4.72. The van der Waals surface area contributed by atoms with E-state index in [-0.39, 0.29) is 6.42 Å². The van der Waals surface area contributed by atoms with Crippen LogP contribution in [0.15, 0.2) is 24.3 Å². The first kappa shape index (κ1) is 14.8. The molecule has 112 valence electrons. The third-order valence-electron chi connectivity index (χ3n) is 3.40. The monoisotopic (exact) mass is 291 g/mol. The summed E-state index contributed by atoms with van der Waals surface area (Å²) >= 11 is 0. The first-order valence-corrected chi connectivity index (χ1v) is 6.41. The van der Waals surface area contributed by atoms with E-state index in [0.717, 1.165) is 10.5 Å². The van der Waals surface area contributed by atoms with Gasteiger partial charge < -0.3 is 15.8 Å². The fourth-order valence-corrected chi connectivity index (χ4v) is 2.40. The van der Waals surface area contributed by atoms with Crippen molar-refractivity contribution in [2.45, 2.75) is 18.9 Å². The molecule has 1 saturated heterocycles. The second-order valence-electron chi connectivity index (χ2n) is 5.11. The largest absolute Gasteiger partial charge is 0.496 e. The number of carbonyl (C=O) groups excluding carboxylic acids is 3. The Labute approximate surface area is 122 Å². The topological polar surface area (TPSA) is 102 Å². The number of nitrogens with one attached hydrogen (secondary N) is 1. The molecule has 1 aliphatic rings. The van der Waals surface area contributed by atoms with Crippen molar-refractivity contribution >= 4 is 17.8 Å². The molecular weight excluding hydrogens is 274 g/mol. The number of nitrogens with zero attached hydrogens (tertiary/aromatic N) is 1. The number of rotatable bonds is 5. The summed E-state index contributed by atoms with van der Waals surface area (Å²) in [6.07, 6.45) is 0.261. The molecule has 1 aliphatic heterocycles. The molecular formula is C14H17N3O4. The third kappa shape index (κ3) is 2.81. The first-order valence-electron chi connectivity index (χ1n) is 6.41. The van der Waals surface area contributed by atoms with Gasteiger partial charge in [0.05, 0.1) is 7.11 Å². The number of carbonyl (C=O) groups is 3. The Bertz CT molecular complexity index is 602. The lowest BCUT2D eigenvalue weighted by Crippen LogP contribution is -2.46. The van der Waals surface area contributed by atoms with Gasteiger partial charge in [0.15, 0.2) is 0 Å². The highest BCUT2D eigenvalue weighted by molar-refractivity contribution is 6.08. The Morgan fingerprint density at radius 1 is 1.38 bits per heavy atom. The van der Waals surface area contributed by atoms with Crippen LogP contribution in [-0.4, -0.2) is 41.9 Å². The zero-order valence-corrected chi connectivity index (χ0v) is 11.9. The van der Waals surface area contributed by atoms with Gasteiger partial charge in [-0.25, -0.2) is 4.79 Å². The minimum absolute atomic E-state index is 0.261. The SMILES string of the molecule is COc1ccccc1C[C@]1(C)NC(=O)N(CC(N)=O)C1=O. The van der Waals surface area contributed by atoms with Crippen LogP contribution in [0, 0.1) is 0 Å². The number of imide groups is 1. The number of hydrogen-bond donors (Lipinski definition) is 2. The van der Waals surface area contributed by atoms with E-state index in [1.54, 1.807) is 13.0 Å². The van der Waals surface area contributed by atoms with Gasteiger partial charge in [0, 0.05) is 6.42 Å². The lowest BCUT2D eigenvalue weighted by Gasteiger charge is -2.22. The highest BCUT2D eigenvalue weighted by Gasteiger charge is 2.48. The van der Waals surface area contributed by atoms with E-state index in [1.165, 1.54) is 7.11 Å². The van der Waals surface area contributed by atoms with Gasteiger partial charge in [-0.1, -0.05) is 18.2 Å². The van der Waals surface area contributed by atoms with Gasteiger partial charge in [-0.05, 0) is 18.6 Å². The van der Waals surface area contributed by atoms with E-state index in [1.807, 2.05) is 18.2 Å². The summed E-state index contributed by atoms with van der Waals surface area (Å²) in [5, 5.41) is 2.61. The van der Waals surface area contributed by atoms with E-state index in [9.17, 15) is 14.4 Å². The maximum atomic E-state index is 12.4. The molecule has 1 atom stereocenters. The molecule has 0 radical (unpaired) electrons. The van der Waals surface area contributed by atoms with Crippen molar-refractivity contribution in [3.63, 3.8) is 0 Å². The number of nitrogens with two attached hydrogens (primary N) is 1. The number of benzene rings is 1. The summed E-state index contributed by atoms with van der Waals surface area (Å²) in [7, 11) is 1.54. The van der Waals surface area contributed by atoms with E-state index in [0.29, 0.717) is 5.75 Å². The molecule has 1 heterocycles. The van der Waals surface area contributed by atoms with Crippen molar-refractivity contribution in [2.75, 3.05) is 13.7 Å². The normalized spacial score (nSPS) is 21.3. The lowest BCUT2D eigenvalue weighted by molar-refractivity contribution is -0.133. The molecule has 3 N–H and O–H groups in total. The van der Waals surface area contributed by atoms with Crippen molar-refractivity contribution in [1.82, 2.24) is 10.2 Å². The van der Waals surface area contributed by atoms with Crippen LogP contribution in [0.5, 0.6) is 5.75 Å². The predicted octanol–water partition coefficient (Wildman–Crippen LogP) is 0.0335. The van der Waals surface area contributed by atoms with Crippen LogP contribution in [-0.2, 0) is 16.0 Å². The molecule has 0 spiro atoms. The molecule has 0 bridgehead atoms. The summed E-state index contributed by atoms with van der Waals surface area (Å²) < 4.78 is 5.24. The maximum absolute atomic E-state index is 12.4. The molecule has 1 fully saturated rings. The Balaban J connectivity index is 2.25. The van der Waals surface area contributed by atoms with Gasteiger partial charge in [-0.15, -0.1) is 0 Å². The van der Waals surface area contributed by atoms with E-state index in [4.69, 9.17) is 10.5 Å². The van der Waals surface area contributed by atoms with E-state index in [2.05, 4.69) is 5.32 Å². The molecule has 0 aromatic heterocycles. The molecule has 7 heteroatoms. The van der Waals surface area contributed by atoms with E-state index >= 15 is 0 Å². The van der Waals surface area contributed by atoms with Gasteiger partial charge in [0.25, 0.3) is 5.91 Å². The van der Waals surface area contributed by atoms with Crippen LogP contribution in [0.3, 0.4) is 0 Å². The summed E-state index contributed by atoms with van der Waals surface area (Å²) in [6, 6.07) is 6.63. The van der Waals surface area contributed by atoms with Crippen molar-refractivity contribution in [1.29, 1.82) is 0 Å². The van der Waals surface area contributed by atoms with Gasteiger partial charge in [0.2, 0.25) is 5.91 Å². The minimum Gasteiger partial charge on any atom is -0.496 e. The van der Waals surface area contributed by atoms with Crippen LogP contribution in [0.4, 0.5) is 4.79 Å². The van der Waals surface area contributed by atoms with Crippen molar-refractivity contribution in [2.24, 2.45) is 5.73 Å². The number of methoxy groups -OCH3 is 1. The summed E-state index contributed by atoms with van der Waals surface area (Å²) in [6.45, 7) is 1.19. The summed E-state index contributed by atoms with van der Waals surface area (Å²) in [5.74, 6) is -0.577. The zero-order chi connectivity index (χ0) is 15.6. The Morgan fingerprint density at radius 2 is 2.05 bits per heavy atom. The van der Waals surface area contributed by atoms with Gasteiger partial charge >= 0.3 is 6.03 Å². The maximum Gasteiger partial charge on any atom is 0.325 e. The second-order valence-corrected chi connectivity index (χ2v) is 5.11. The van der Waals surface area contributed by atoms with Crippen LogP contribution in [0.25, 0.3) is 0 Å². The van der Waals surface area contributed by atoms with Crippen LogP contribution < -0.4 is 15.8 Å². The Kier molecular flexibility index (Phi) is 3.84. The fourth-order valence-electron chi connectivity index (χ4n) is 2.40. The standard InChI is InChI=1S/C14H17N3O4/c1-14(7-9-5-3-4-6-10(9)21-2)12(19)17(8-11(15)18)13(20)16-14/h3-6H,7-8H2,1-2H3,(H2,15,18)(H,16,20)/t14-/m0/s1. The lowest BCUT2D eigenvalue weighted by atomic mass is 9.92. The van der Waals surface area contributed by atoms with Crippen LogP contribution in [0.1, 0.15) is 12.5 Å². The number of amides is 4. The van der Waals surface area contributed by atoms with Gasteiger partial charge in [0.1, 0.15) is 17.8 Å². The molecule has 0 saturated carbocycles. The highest BCUT2D eigenvalue weighted by atomic mass is 16.5.